The van der Waals surface area contributed by atoms with Gasteiger partial charge in [-0.2, -0.15) is 4.31 Å². The maximum absolute atomic E-state index is 13.4. The van der Waals surface area contributed by atoms with Crippen molar-refractivity contribution in [3.63, 3.8) is 0 Å². The Kier molecular flexibility index (Phi) is 4.57. The Morgan fingerprint density at radius 1 is 0.885 bits per heavy atom. The third kappa shape index (κ3) is 2.95. The highest BCUT2D eigenvalue weighted by Crippen LogP contribution is 2.38. The molecule has 3 aromatic rings. The third-order valence-electron chi connectivity index (χ3n) is 4.60. The van der Waals surface area contributed by atoms with Gasteiger partial charge >= 0.3 is 0 Å². The average Bonchev–Trinajstić information content (AvgIpc) is 3.10. The number of sulfonamides is 1. The van der Waals surface area contributed by atoms with Crippen molar-refractivity contribution in [3.8, 4) is 0 Å². The fourth-order valence-electron chi connectivity index (χ4n) is 3.38. The van der Waals surface area contributed by atoms with Crippen molar-refractivity contribution in [1.82, 2.24) is 8.87 Å². The molecule has 2 aromatic carbocycles. The van der Waals surface area contributed by atoms with Crippen molar-refractivity contribution in [2.45, 2.75) is 17.5 Å². The fraction of sp³-hybridized carbons (Fsp3) is 0.158. The fourth-order valence-corrected chi connectivity index (χ4v) is 5.58. The van der Waals surface area contributed by atoms with Crippen molar-refractivity contribution in [2.75, 3.05) is 6.54 Å². The summed E-state index contributed by atoms with van der Waals surface area (Å²) in [6.45, 7) is 0.957. The molecule has 0 radical (unpaired) electrons. The lowest BCUT2D eigenvalue weighted by molar-refractivity contribution is 0.298. The second-order valence-electron chi connectivity index (χ2n) is 6.13. The van der Waals surface area contributed by atoms with Gasteiger partial charge in [-0.3, -0.25) is 0 Å². The molecular weight excluding hydrogens is 391 g/mol. The summed E-state index contributed by atoms with van der Waals surface area (Å²) in [6, 6.07) is 17.3. The van der Waals surface area contributed by atoms with Crippen LogP contribution >= 0.6 is 23.2 Å². The highest BCUT2D eigenvalue weighted by molar-refractivity contribution is 7.89. The van der Waals surface area contributed by atoms with Gasteiger partial charge in [0.1, 0.15) is 4.90 Å². The lowest BCUT2D eigenvalue weighted by Gasteiger charge is -2.36. The van der Waals surface area contributed by atoms with Crippen LogP contribution in [-0.2, 0) is 16.6 Å². The predicted octanol–water partition coefficient (Wildman–Crippen LogP) is 4.59. The van der Waals surface area contributed by atoms with E-state index in [0.29, 0.717) is 18.1 Å². The maximum Gasteiger partial charge on any atom is 0.245 e. The highest BCUT2D eigenvalue weighted by atomic mass is 35.5. The van der Waals surface area contributed by atoms with Crippen LogP contribution in [0.5, 0.6) is 0 Å². The van der Waals surface area contributed by atoms with Crippen LogP contribution < -0.4 is 0 Å². The quantitative estimate of drug-likeness (QED) is 0.638. The Morgan fingerprint density at radius 3 is 2.35 bits per heavy atom. The number of hydrogen-bond acceptors (Lipinski definition) is 2. The molecule has 0 spiro atoms. The van der Waals surface area contributed by atoms with Crippen LogP contribution in [0.1, 0.15) is 17.3 Å². The maximum atomic E-state index is 13.4. The van der Waals surface area contributed by atoms with Gasteiger partial charge in [-0.1, -0.05) is 47.5 Å². The topological polar surface area (TPSA) is 42.3 Å². The van der Waals surface area contributed by atoms with E-state index in [-0.39, 0.29) is 9.92 Å². The first-order chi connectivity index (χ1) is 12.5. The number of benzene rings is 2. The molecule has 0 amide bonds. The molecule has 4 rings (SSSR count). The first-order valence-corrected chi connectivity index (χ1v) is 10.3. The normalized spacial score (nSPS) is 17.8. The molecule has 1 aliphatic heterocycles. The second-order valence-corrected chi connectivity index (χ2v) is 8.83. The summed E-state index contributed by atoms with van der Waals surface area (Å²) in [5, 5.41) is 0.837. The molecule has 134 valence electrons. The van der Waals surface area contributed by atoms with E-state index < -0.39 is 16.1 Å². The molecule has 2 heterocycles. The molecule has 0 fully saturated rings. The molecule has 1 unspecified atom stereocenters. The van der Waals surface area contributed by atoms with Gasteiger partial charge < -0.3 is 4.57 Å². The van der Waals surface area contributed by atoms with Crippen LogP contribution in [0.15, 0.2) is 71.8 Å². The summed E-state index contributed by atoms with van der Waals surface area (Å²) in [4.78, 5) is 0.126. The Bertz CT molecular complexity index is 1050. The number of aromatic nitrogens is 1. The van der Waals surface area contributed by atoms with Gasteiger partial charge in [0, 0.05) is 30.0 Å². The molecule has 0 saturated carbocycles. The van der Waals surface area contributed by atoms with Crippen LogP contribution in [-0.4, -0.2) is 23.8 Å². The molecular formula is C19H16Cl2N2O2S. The number of fused-ring (bicyclic) bond motifs is 1. The predicted molar refractivity (Wildman–Crippen MR) is 103 cm³/mol. The average molecular weight is 407 g/mol. The van der Waals surface area contributed by atoms with Crippen LogP contribution in [0.4, 0.5) is 0 Å². The first kappa shape index (κ1) is 17.6. The van der Waals surface area contributed by atoms with Gasteiger partial charge in [-0.25, -0.2) is 8.42 Å². The van der Waals surface area contributed by atoms with Crippen molar-refractivity contribution >= 4 is 33.2 Å². The standard InChI is InChI=1S/C19H16Cl2N2O2S/c20-15-9-7-14(8-10-15)19-17-5-3-11-22(17)12-13-23(19)26(24,25)18-6-2-1-4-16(18)21/h1-11,19H,12-13H2. The van der Waals surface area contributed by atoms with Crippen molar-refractivity contribution in [3.05, 3.63) is 88.2 Å². The Balaban J connectivity index is 1.87. The summed E-state index contributed by atoms with van der Waals surface area (Å²) in [5.41, 5.74) is 1.79. The van der Waals surface area contributed by atoms with Gasteiger partial charge in [0.2, 0.25) is 10.0 Å². The minimum Gasteiger partial charge on any atom is -0.348 e. The Hall–Kier alpha value is -1.79. The summed E-state index contributed by atoms with van der Waals surface area (Å²) in [5.74, 6) is 0. The lowest BCUT2D eigenvalue weighted by Crippen LogP contribution is -2.42. The minimum absolute atomic E-state index is 0.126. The smallest absolute Gasteiger partial charge is 0.245 e. The van der Waals surface area contributed by atoms with E-state index in [2.05, 4.69) is 4.57 Å². The van der Waals surface area contributed by atoms with Crippen molar-refractivity contribution < 1.29 is 8.42 Å². The number of hydrogen-bond donors (Lipinski definition) is 0. The molecule has 26 heavy (non-hydrogen) atoms. The zero-order chi connectivity index (χ0) is 18.3. The van der Waals surface area contributed by atoms with Gasteiger partial charge in [0.05, 0.1) is 11.1 Å². The second kappa shape index (κ2) is 6.74. The van der Waals surface area contributed by atoms with Gasteiger partial charge in [0.15, 0.2) is 0 Å². The van der Waals surface area contributed by atoms with Crippen LogP contribution in [0.2, 0.25) is 10.0 Å². The van der Waals surface area contributed by atoms with E-state index in [1.165, 1.54) is 4.31 Å². The molecule has 4 nitrogen and oxygen atoms in total. The highest BCUT2D eigenvalue weighted by Gasteiger charge is 2.38. The van der Waals surface area contributed by atoms with Crippen LogP contribution in [0.3, 0.4) is 0 Å². The van der Waals surface area contributed by atoms with Crippen molar-refractivity contribution in [1.29, 1.82) is 0 Å². The number of halogens is 2. The van der Waals surface area contributed by atoms with E-state index in [1.54, 1.807) is 36.4 Å². The lowest BCUT2D eigenvalue weighted by atomic mass is 10.0. The molecule has 1 aromatic heterocycles. The van der Waals surface area contributed by atoms with E-state index in [0.717, 1.165) is 11.3 Å². The molecule has 1 aliphatic rings. The van der Waals surface area contributed by atoms with Gasteiger partial charge in [-0.15, -0.1) is 0 Å². The van der Waals surface area contributed by atoms with Crippen LogP contribution in [0, 0.1) is 0 Å². The number of rotatable bonds is 3. The summed E-state index contributed by atoms with van der Waals surface area (Å²) in [6.07, 6.45) is 1.97. The third-order valence-corrected chi connectivity index (χ3v) is 7.22. The molecule has 0 N–H and O–H groups in total. The van der Waals surface area contributed by atoms with E-state index in [4.69, 9.17) is 23.2 Å². The molecule has 0 bridgehead atoms. The summed E-state index contributed by atoms with van der Waals surface area (Å²) < 4.78 is 30.4. The van der Waals surface area contributed by atoms with E-state index in [1.807, 2.05) is 30.5 Å². The van der Waals surface area contributed by atoms with Crippen LogP contribution in [0.25, 0.3) is 0 Å². The molecule has 0 saturated heterocycles. The van der Waals surface area contributed by atoms with Crippen molar-refractivity contribution in [2.24, 2.45) is 0 Å². The summed E-state index contributed by atoms with van der Waals surface area (Å²) >= 11 is 12.2. The minimum atomic E-state index is -3.77. The zero-order valence-electron chi connectivity index (χ0n) is 13.7. The van der Waals surface area contributed by atoms with E-state index in [9.17, 15) is 8.42 Å². The number of nitrogens with zero attached hydrogens (tertiary/aromatic N) is 2. The Morgan fingerprint density at radius 2 is 1.62 bits per heavy atom. The SMILES string of the molecule is O=S(=O)(c1ccccc1Cl)N1CCn2cccc2C1c1ccc(Cl)cc1. The van der Waals surface area contributed by atoms with E-state index >= 15 is 0 Å². The zero-order valence-corrected chi connectivity index (χ0v) is 16.0. The summed E-state index contributed by atoms with van der Waals surface area (Å²) in [7, 11) is -3.77. The largest absolute Gasteiger partial charge is 0.348 e. The molecule has 7 heteroatoms. The monoisotopic (exact) mass is 406 g/mol. The molecule has 0 aliphatic carbocycles. The molecule has 1 atom stereocenters. The van der Waals surface area contributed by atoms with Gasteiger partial charge in [-0.05, 0) is 42.0 Å². The van der Waals surface area contributed by atoms with Gasteiger partial charge in [0.25, 0.3) is 0 Å². The Labute approximate surface area is 162 Å². The first-order valence-electron chi connectivity index (χ1n) is 8.15.